The Balaban J connectivity index is 0. The summed E-state index contributed by atoms with van der Waals surface area (Å²) in [7, 11) is 0. The number of hydrogen-bond acceptors (Lipinski definition) is 3. The molecule has 0 aromatic rings. The van der Waals surface area contributed by atoms with Gasteiger partial charge in [-0.05, 0) is 0 Å². The molecule has 0 spiro atoms. The van der Waals surface area contributed by atoms with Crippen LogP contribution in [-0.4, -0.2) is 22.9 Å². The van der Waals surface area contributed by atoms with Crippen molar-refractivity contribution in [2.45, 2.75) is 6.04 Å². The van der Waals surface area contributed by atoms with Crippen molar-refractivity contribution in [1.82, 2.24) is 0 Å². The number of thiol groups is 1. The molecular formula is C3H8FNO2S. The van der Waals surface area contributed by atoms with Gasteiger partial charge in [0.05, 0.1) is 0 Å². The number of nitrogens with two attached hydrogens (primary N) is 1. The van der Waals surface area contributed by atoms with Gasteiger partial charge in [0.25, 0.3) is 0 Å². The van der Waals surface area contributed by atoms with Crippen LogP contribution in [0.2, 0.25) is 0 Å². The molecule has 0 radical (unpaired) electrons. The Bertz CT molecular complexity index is 79.7. The fraction of sp³-hybridized carbons (Fsp3) is 0.667. The van der Waals surface area contributed by atoms with E-state index in [1.807, 2.05) is 0 Å². The van der Waals surface area contributed by atoms with Crippen LogP contribution in [0, 0.1) is 0 Å². The molecule has 50 valence electrons. The van der Waals surface area contributed by atoms with E-state index in [1.165, 1.54) is 0 Å². The average molecular weight is 141 g/mol. The van der Waals surface area contributed by atoms with Crippen LogP contribution in [-0.2, 0) is 4.79 Å². The minimum absolute atomic E-state index is 0. The summed E-state index contributed by atoms with van der Waals surface area (Å²) in [5, 5.41) is 8.01. The molecule has 0 rings (SSSR count). The van der Waals surface area contributed by atoms with Crippen LogP contribution < -0.4 is 5.73 Å². The number of carbonyl (C=O) groups is 1. The van der Waals surface area contributed by atoms with Crippen LogP contribution in [0.25, 0.3) is 0 Å². The summed E-state index contributed by atoms with van der Waals surface area (Å²) in [6.07, 6.45) is 0. The molecule has 0 aromatic carbocycles. The molecule has 0 amide bonds. The highest BCUT2D eigenvalue weighted by atomic mass is 32.1. The molecule has 8 heavy (non-hydrogen) atoms. The highest BCUT2D eigenvalue weighted by Gasteiger charge is 2.06. The van der Waals surface area contributed by atoms with Gasteiger partial charge in [0.1, 0.15) is 6.04 Å². The lowest BCUT2D eigenvalue weighted by Gasteiger charge is -1.96. The maximum atomic E-state index is 9.76. The molecule has 5 heteroatoms. The van der Waals surface area contributed by atoms with Crippen molar-refractivity contribution >= 4 is 18.6 Å². The topological polar surface area (TPSA) is 63.3 Å². The molecule has 0 bridgehead atoms. The molecule has 0 saturated heterocycles. The molecule has 0 aliphatic carbocycles. The van der Waals surface area contributed by atoms with Crippen molar-refractivity contribution in [3.8, 4) is 0 Å². The third-order valence-corrected chi connectivity index (χ3v) is 0.907. The Hall–Kier alpha value is -0.290. The van der Waals surface area contributed by atoms with E-state index in [0.29, 0.717) is 0 Å². The molecule has 0 heterocycles. The lowest BCUT2D eigenvalue weighted by Crippen LogP contribution is -2.31. The SMILES string of the molecule is F.N[C@@H](CS)C(=O)O. The fourth-order valence-electron chi connectivity index (χ4n) is 0.0781. The number of aliphatic carboxylic acids is 1. The van der Waals surface area contributed by atoms with Gasteiger partial charge >= 0.3 is 5.97 Å². The first-order valence-corrected chi connectivity index (χ1v) is 2.41. The van der Waals surface area contributed by atoms with Crippen molar-refractivity contribution in [3.63, 3.8) is 0 Å². The normalized spacial score (nSPS) is 11.8. The number of rotatable bonds is 2. The van der Waals surface area contributed by atoms with Crippen molar-refractivity contribution < 1.29 is 14.6 Å². The van der Waals surface area contributed by atoms with Crippen molar-refractivity contribution in [2.75, 3.05) is 5.75 Å². The van der Waals surface area contributed by atoms with E-state index >= 15 is 0 Å². The third-order valence-electron chi connectivity index (χ3n) is 0.514. The Morgan fingerprint density at radius 1 is 1.88 bits per heavy atom. The van der Waals surface area contributed by atoms with Crippen LogP contribution in [0.5, 0.6) is 0 Å². The predicted octanol–water partition coefficient (Wildman–Crippen LogP) is -0.519. The zero-order valence-electron chi connectivity index (χ0n) is 4.07. The van der Waals surface area contributed by atoms with Crippen molar-refractivity contribution in [3.05, 3.63) is 0 Å². The predicted molar refractivity (Wildman–Crippen MR) is 32.0 cm³/mol. The van der Waals surface area contributed by atoms with E-state index in [-0.39, 0.29) is 10.5 Å². The Labute approximate surface area is 51.6 Å². The smallest absolute Gasteiger partial charge is 0.321 e. The maximum Gasteiger partial charge on any atom is 0.321 e. The minimum Gasteiger partial charge on any atom is -0.480 e. The van der Waals surface area contributed by atoms with Crippen LogP contribution in [0.1, 0.15) is 0 Å². The first-order chi connectivity index (χ1) is 3.18. The van der Waals surface area contributed by atoms with Crippen LogP contribution >= 0.6 is 12.6 Å². The van der Waals surface area contributed by atoms with Crippen molar-refractivity contribution in [1.29, 1.82) is 0 Å². The monoisotopic (exact) mass is 141 g/mol. The van der Waals surface area contributed by atoms with Gasteiger partial charge in [0.15, 0.2) is 0 Å². The molecule has 0 saturated carbocycles. The van der Waals surface area contributed by atoms with E-state index in [1.54, 1.807) is 0 Å². The Morgan fingerprint density at radius 3 is 2.25 bits per heavy atom. The van der Waals surface area contributed by atoms with Gasteiger partial charge in [-0.15, -0.1) is 0 Å². The molecular weight excluding hydrogens is 133 g/mol. The Morgan fingerprint density at radius 2 is 2.25 bits per heavy atom. The summed E-state index contributed by atoms with van der Waals surface area (Å²) in [5.74, 6) is -0.815. The quantitative estimate of drug-likeness (QED) is 0.453. The van der Waals surface area contributed by atoms with Crippen molar-refractivity contribution in [2.24, 2.45) is 5.73 Å². The molecule has 0 aromatic heterocycles. The summed E-state index contributed by atoms with van der Waals surface area (Å²) >= 11 is 3.65. The van der Waals surface area contributed by atoms with E-state index in [2.05, 4.69) is 12.6 Å². The average Bonchev–Trinajstić information content (AvgIpc) is 1.65. The molecule has 0 aliphatic rings. The van der Waals surface area contributed by atoms with Gasteiger partial charge in [0, 0.05) is 5.75 Å². The first-order valence-electron chi connectivity index (χ1n) is 1.77. The van der Waals surface area contributed by atoms with Crippen LogP contribution in [0.4, 0.5) is 4.70 Å². The van der Waals surface area contributed by atoms with Gasteiger partial charge in [-0.1, -0.05) is 0 Å². The van der Waals surface area contributed by atoms with E-state index in [9.17, 15) is 4.79 Å². The second kappa shape index (κ2) is 4.86. The zero-order chi connectivity index (χ0) is 5.86. The molecule has 1 atom stereocenters. The minimum atomic E-state index is -1.00. The highest BCUT2D eigenvalue weighted by molar-refractivity contribution is 7.80. The van der Waals surface area contributed by atoms with Gasteiger partial charge < -0.3 is 10.8 Å². The largest absolute Gasteiger partial charge is 0.480 e. The fourth-order valence-corrected chi connectivity index (χ4v) is 0.234. The van der Waals surface area contributed by atoms with E-state index < -0.39 is 12.0 Å². The Kier molecular flexibility index (Phi) is 6.47. The summed E-state index contributed by atoms with van der Waals surface area (Å²) in [5.41, 5.74) is 4.94. The summed E-state index contributed by atoms with van der Waals surface area (Å²) in [6, 6.07) is -0.816. The number of carboxylic acid groups (broad SMARTS) is 1. The van der Waals surface area contributed by atoms with Crippen LogP contribution in [0.15, 0.2) is 0 Å². The summed E-state index contributed by atoms with van der Waals surface area (Å²) < 4.78 is 0. The van der Waals surface area contributed by atoms with Gasteiger partial charge in [-0.2, -0.15) is 12.6 Å². The van der Waals surface area contributed by atoms with Gasteiger partial charge in [-0.3, -0.25) is 9.50 Å². The highest BCUT2D eigenvalue weighted by Crippen LogP contribution is 1.80. The molecule has 0 aliphatic heterocycles. The first kappa shape index (κ1) is 10.6. The number of hydrogen-bond donors (Lipinski definition) is 3. The van der Waals surface area contributed by atoms with Crippen LogP contribution in [0.3, 0.4) is 0 Å². The number of carboxylic acids is 1. The second-order valence-electron chi connectivity index (χ2n) is 1.13. The van der Waals surface area contributed by atoms with E-state index in [4.69, 9.17) is 10.8 Å². The lowest BCUT2D eigenvalue weighted by molar-refractivity contribution is -0.137. The summed E-state index contributed by atoms with van der Waals surface area (Å²) in [6.45, 7) is 0. The standard InChI is InChI=1S/C3H7NO2S.FH/c4-2(1-7)3(5)6;/h2,7H,1,4H2,(H,5,6);1H/t2-;/m0./s1. The number of halogens is 1. The van der Waals surface area contributed by atoms with E-state index in [0.717, 1.165) is 0 Å². The molecule has 0 fully saturated rings. The van der Waals surface area contributed by atoms with Gasteiger partial charge in [-0.25, -0.2) is 0 Å². The second-order valence-corrected chi connectivity index (χ2v) is 1.49. The molecule has 3 N–H and O–H groups in total. The molecule has 0 unspecified atom stereocenters. The van der Waals surface area contributed by atoms with Gasteiger partial charge in [0.2, 0.25) is 0 Å². The molecule has 3 nitrogen and oxygen atoms in total. The zero-order valence-corrected chi connectivity index (χ0v) is 4.97. The lowest BCUT2D eigenvalue weighted by atomic mass is 10.4. The summed E-state index contributed by atoms with van der Waals surface area (Å²) in [4.78, 5) is 9.76. The maximum absolute atomic E-state index is 9.76. The third kappa shape index (κ3) is 3.89.